The SMILES string of the molecule is COc1ccccc1C/C(C)=C/C(=O)NCCN1CCN(C)CC1. The molecule has 0 aromatic heterocycles. The number of nitrogens with zero attached hydrogens (tertiary/aromatic N) is 2. The number of amides is 1. The number of carbonyl (C=O) groups excluding carboxylic acids is 1. The average Bonchev–Trinajstić information content (AvgIpc) is 2.57. The Kier molecular flexibility index (Phi) is 7.28. The van der Waals surface area contributed by atoms with Crippen molar-refractivity contribution in [3.8, 4) is 5.75 Å². The van der Waals surface area contributed by atoms with Gasteiger partial charge in [-0.2, -0.15) is 0 Å². The maximum Gasteiger partial charge on any atom is 0.243 e. The largest absolute Gasteiger partial charge is 0.496 e. The molecule has 1 fully saturated rings. The second-order valence-electron chi connectivity index (χ2n) is 6.42. The standard InChI is InChI=1S/C19H29N3O2/c1-16(14-17-6-4-5-7-18(17)24-3)15-19(23)20-8-9-22-12-10-21(2)11-13-22/h4-7,15H,8-14H2,1-3H3,(H,20,23)/b16-15+. The summed E-state index contributed by atoms with van der Waals surface area (Å²) in [4.78, 5) is 16.8. The zero-order chi connectivity index (χ0) is 17.4. The number of likely N-dealkylation sites (N-methyl/N-ethyl adjacent to an activating group) is 1. The summed E-state index contributed by atoms with van der Waals surface area (Å²) in [6.07, 6.45) is 2.41. The van der Waals surface area contributed by atoms with E-state index in [0.717, 1.165) is 56.0 Å². The molecule has 0 unspecified atom stereocenters. The molecule has 1 saturated heterocycles. The highest BCUT2D eigenvalue weighted by atomic mass is 16.5. The number of carbonyl (C=O) groups is 1. The maximum absolute atomic E-state index is 12.0. The smallest absolute Gasteiger partial charge is 0.243 e. The molecule has 24 heavy (non-hydrogen) atoms. The maximum atomic E-state index is 12.0. The molecule has 0 spiro atoms. The highest BCUT2D eigenvalue weighted by Crippen LogP contribution is 2.20. The summed E-state index contributed by atoms with van der Waals surface area (Å²) in [7, 11) is 3.82. The van der Waals surface area contributed by atoms with Crippen molar-refractivity contribution in [2.75, 3.05) is 53.4 Å². The molecular weight excluding hydrogens is 302 g/mol. The minimum absolute atomic E-state index is 0.0171. The van der Waals surface area contributed by atoms with E-state index < -0.39 is 0 Å². The first kappa shape index (κ1) is 18.5. The molecule has 1 aromatic carbocycles. The topological polar surface area (TPSA) is 44.8 Å². The van der Waals surface area contributed by atoms with Crippen LogP contribution >= 0.6 is 0 Å². The van der Waals surface area contributed by atoms with Crippen LogP contribution in [-0.2, 0) is 11.2 Å². The molecule has 2 rings (SSSR count). The zero-order valence-electron chi connectivity index (χ0n) is 15.0. The number of hydrogen-bond acceptors (Lipinski definition) is 4. The number of allylic oxidation sites excluding steroid dienone is 1. The normalized spacial score (nSPS) is 16.9. The summed E-state index contributed by atoms with van der Waals surface area (Å²) in [5.74, 6) is 0.845. The molecule has 0 saturated carbocycles. The molecule has 5 heteroatoms. The van der Waals surface area contributed by atoms with E-state index in [1.165, 1.54) is 0 Å². The Morgan fingerprint density at radius 2 is 1.96 bits per heavy atom. The first-order valence-electron chi connectivity index (χ1n) is 8.56. The van der Waals surface area contributed by atoms with Gasteiger partial charge in [-0.3, -0.25) is 9.69 Å². The Balaban J connectivity index is 1.75. The third-order valence-electron chi connectivity index (χ3n) is 4.36. The van der Waals surface area contributed by atoms with Crippen molar-refractivity contribution in [2.24, 2.45) is 0 Å². The van der Waals surface area contributed by atoms with E-state index in [1.807, 2.05) is 31.2 Å². The number of ether oxygens (including phenoxy) is 1. The summed E-state index contributed by atoms with van der Waals surface area (Å²) in [6.45, 7) is 7.95. The predicted octanol–water partition coefficient (Wildman–Crippen LogP) is 1.55. The second-order valence-corrected chi connectivity index (χ2v) is 6.42. The second kappa shape index (κ2) is 9.45. The summed E-state index contributed by atoms with van der Waals surface area (Å²) in [5.41, 5.74) is 2.12. The van der Waals surface area contributed by atoms with Crippen LogP contribution in [-0.4, -0.2) is 69.1 Å². The molecule has 1 N–H and O–H groups in total. The lowest BCUT2D eigenvalue weighted by Crippen LogP contribution is -2.46. The van der Waals surface area contributed by atoms with Gasteiger partial charge in [-0.1, -0.05) is 23.8 Å². The zero-order valence-corrected chi connectivity index (χ0v) is 15.0. The highest BCUT2D eigenvalue weighted by Gasteiger charge is 2.13. The molecule has 132 valence electrons. The van der Waals surface area contributed by atoms with Crippen LogP contribution < -0.4 is 10.1 Å². The fourth-order valence-corrected chi connectivity index (χ4v) is 2.88. The van der Waals surface area contributed by atoms with Crippen LogP contribution in [0.1, 0.15) is 12.5 Å². The number of piperazine rings is 1. The van der Waals surface area contributed by atoms with Gasteiger partial charge in [0.15, 0.2) is 0 Å². The van der Waals surface area contributed by atoms with Gasteiger partial charge in [0.25, 0.3) is 0 Å². The lowest BCUT2D eigenvalue weighted by Gasteiger charge is -2.32. The molecule has 0 bridgehead atoms. The summed E-state index contributed by atoms with van der Waals surface area (Å²) in [5, 5.41) is 2.98. The Hall–Kier alpha value is -1.85. The van der Waals surface area contributed by atoms with Crippen molar-refractivity contribution < 1.29 is 9.53 Å². The fourth-order valence-electron chi connectivity index (χ4n) is 2.88. The van der Waals surface area contributed by atoms with Crippen LogP contribution in [0.15, 0.2) is 35.9 Å². The molecule has 1 aliphatic rings. The van der Waals surface area contributed by atoms with Crippen LogP contribution in [0.4, 0.5) is 0 Å². The van der Waals surface area contributed by atoms with Gasteiger partial charge in [0.05, 0.1) is 7.11 Å². The fraction of sp³-hybridized carbons (Fsp3) is 0.526. The van der Waals surface area contributed by atoms with Crippen LogP contribution in [0.2, 0.25) is 0 Å². The van der Waals surface area contributed by atoms with Crippen LogP contribution in [0.5, 0.6) is 5.75 Å². The first-order valence-corrected chi connectivity index (χ1v) is 8.56. The van der Waals surface area contributed by atoms with E-state index in [4.69, 9.17) is 4.74 Å². The van der Waals surface area contributed by atoms with Gasteiger partial charge in [0, 0.05) is 45.3 Å². The van der Waals surface area contributed by atoms with Crippen molar-refractivity contribution in [1.82, 2.24) is 15.1 Å². The number of rotatable bonds is 7. The summed E-state index contributed by atoms with van der Waals surface area (Å²) < 4.78 is 5.35. The average molecular weight is 331 g/mol. The van der Waals surface area contributed by atoms with Crippen LogP contribution in [0.25, 0.3) is 0 Å². The summed E-state index contributed by atoms with van der Waals surface area (Å²) in [6, 6.07) is 7.91. The highest BCUT2D eigenvalue weighted by molar-refractivity contribution is 5.88. The molecular formula is C19H29N3O2. The minimum Gasteiger partial charge on any atom is -0.496 e. The van der Waals surface area contributed by atoms with Gasteiger partial charge < -0.3 is 15.0 Å². The van der Waals surface area contributed by atoms with Crippen molar-refractivity contribution in [1.29, 1.82) is 0 Å². The van der Waals surface area contributed by atoms with E-state index in [9.17, 15) is 4.79 Å². The van der Waals surface area contributed by atoms with Gasteiger partial charge in [-0.25, -0.2) is 0 Å². The Labute approximate surface area is 145 Å². The molecule has 0 radical (unpaired) electrons. The van der Waals surface area contributed by atoms with Crippen molar-refractivity contribution in [2.45, 2.75) is 13.3 Å². The van der Waals surface area contributed by atoms with E-state index in [0.29, 0.717) is 6.54 Å². The first-order chi connectivity index (χ1) is 11.6. The lowest BCUT2D eigenvalue weighted by molar-refractivity contribution is -0.116. The Morgan fingerprint density at radius 3 is 2.67 bits per heavy atom. The van der Waals surface area contributed by atoms with Gasteiger partial charge in [0.2, 0.25) is 5.91 Å². The van der Waals surface area contributed by atoms with E-state index in [-0.39, 0.29) is 5.91 Å². The molecule has 1 heterocycles. The Morgan fingerprint density at radius 1 is 1.25 bits per heavy atom. The molecule has 1 aromatic rings. The van der Waals surface area contributed by atoms with Gasteiger partial charge in [0.1, 0.15) is 5.75 Å². The van der Waals surface area contributed by atoms with E-state index in [1.54, 1.807) is 13.2 Å². The van der Waals surface area contributed by atoms with Gasteiger partial charge >= 0.3 is 0 Å². The number of benzene rings is 1. The van der Waals surface area contributed by atoms with E-state index >= 15 is 0 Å². The molecule has 0 atom stereocenters. The monoisotopic (exact) mass is 331 g/mol. The number of para-hydroxylation sites is 1. The van der Waals surface area contributed by atoms with Crippen LogP contribution in [0.3, 0.4) is 0 Å². The van der Waals surface area contributed by atoms with Crippen molar-refractivity contribution in [3.05, 3.63) is 41.5 Å². The third-order valence-corrected chi connectivity index (χ3v) is 4.36. The predicted molar refractivity (Wildman–Crippen MR) is 97.4 cm³/mol. The lowest BCUT2D eigenvalue weighted by atomic mass is 10.1. The van der Waals surface area contributed by atoms with Gasteiger partial charge in [-0.05, 0) is 32.0 Å². The van der Waals surface area contributed by atoms with Crippen molar-refractivity contribution >= 4 is 5.91 Å². The Bertz CT molecular complexity index is 563. The summed E-state index contributed by atoms with van der Waals surface area (Å²) >= 11 is 0. The number of nitrogens with one attached hydrogen (secondary N) is 1. The van der Waals surface area contributed by atoms with E-state index in [2.05, 4.69) is 22.2 Å². The van der Waals surface area contributed by atoms with Crippen molar-refractivity contribution in [3.63, 3.8) is 0 Å². The molecule has 1 aliphatic heterocycles. The number of hydrogen-bond donors (Lipinski definition) is 1. The van der Waals surface area contributed by atoms with Crippen LogP contribution in [0, 0.1) is 0 Å². The quantitative estimate of drug-likeness (QED) is 0.770. The molecule has 0 aliphatic carbocycles. The molecule has 1 amide bonds. The minimum atomic E-state index is -0.0171. The molecule has 5 nitrogen and oxygen atoms in total. The van der Waals surface area contributed by atoms with Gasteiger partial charge in [-0.15, -0.1) is 0 Å². The third kappa shape index (κ3) is 5.98. The number of methoxy groups -OCH3 is 1.